The Balaban J connectivity index is 2.55. The Morgan fingerprint density at radius 1 is 1.42 bits per heavy atom. The number of benzene rings is 1. The van der Waals surface area contributed by atoms with Crippen LogP contribution in [-0.4, -0.2) is 41.7 Å². The minimum atomic E-state index is -0.623. The van der Waals surface area contributed by atoms with Crippen LogP contribution in [0.5, 0.6) is 5.75 Å². The maximum atomic E-state index is 11.8. The average molecular weight is 335 g/mol. The number of hydrogen-bond donors (Lipinski definition) is 0. The topological polar surface area (TPSA) is 106 Å². The van der Waals surface area contributed by atoms with E-state index in [-0.39, 0.29) is 23.6 Å². The molecule has 8 heteroatoms. The minimum Gasteiger partial charge on any atom is -0.492 e. The summed E-state index contributed by atoms with van der Waals surface area (Å²) < 4.78 is 10.7. The lowest BCUT2D eigenvalue weighted by molar-refractivity contribution is -0.385. The van der Waals surface area contributed by atoms with Gasteiger partial charge in [0, 0.05) is 19.7 Å². The van der Waals surface area contributed by atoms with Gasteiger partial charge in [-0.2, -0.15) is 5.26 Å². The fourth-order valence-corrected chi connectivity index (χ4v) is 1.82. The molecule has 0 aromatic heterocycles. The predicted octanol–water partition coefficient (Wildman–Crippen LogP) is 3.10. The molecule has 0 aliphatic carbocycles. The maximum absolute atomic E-state index is 11.8. The fourth-order valence-electron chi connectivity index (χ4n) is 1.82. The number of nitro groups is 1. The second-order valence-electron chi connectivity index (χ2n) is 6.12. The van der Waals surface area contributed by atoms with Crippen molar-refractivity contribution in [2.45, 2.75) is 32.8 Å². The summed E-state index contributed by atoms with van der Waals surface area (Å²) in [6.07, 6.45) is 0.0547. The molecule has 8 nitrogen and oxygen atoms in total. The van der Waals surface area contributed by atoms with E-state index < -0.39 is 16.6 Å². The normalized spacial score (nSPS) is 10.6. The third-order valence-corrected chi connectivity index (χ3v) is 2.91. The summed E-state index contributed by atoms with van der Waals surface area (Å²) in [5.41, 5.74) is -0.962. The molecule has 0 saturated heterocycles. The Morgan fingerprint density at radius 3 is 2.62 bits per heavy atom. The molecule has 1 aromatic rings. The quantitative estimate of drug-likeness (QED) is 0.449. The van der Waals surface area contributed by atoms with Crippen LogP contribution in [0.25, 0.3) is 0 Å². The zero-order chi connectivity index (χ0) is 18.3. The second-order valence-corrected chi connectivity index (χ2v) is 6.12. The lowest BCUT2D eigenvalue weighted by atomic mass is 10.2. The molecular weight excluding hydrogens is 314 g/mol. The van der Waals surface area contributed by atoms with Crippen LogP contribution in [-0.2, 0) is 4.74 Å². The van der Waals surface area contributed by atoms with Gasteiger partial charge in [-0.05, 0) is 33.3 Å². The van der Waals surface area contributed by atoms with Gasteiger partial charge in [0.2, 0.25) is 0 Å². The third-order valence-electron chi connectivity index (χ3n) is 2.91. The monoisotopic (exact) mass is 335 g/mol. The molecule has 1 aromatic carbocycles. The van der Waals surface area contributed by atoms with Gasteiger partial charge in [0.15, 0.2) is 5.56 Å². The Kier molecular flexibility index (Phi) is 6.53. The third kappa shape index (κ3) is 5.76. The molecule has 0 unspecified atom stereocenters. The first-order valence-corrected chi connectivity index (χ1v) is 7.40. The number of rotatable bonds is 6. The molecule has 1 amide bonds. The SMILES string of the molecule is CN(CCCOc1cccc([N+](=O)[O-])c1C#N)C(=O)OC(C)(C)C. The van der Waals surface area contributed by atoms with Gasteiger partial charge in [-0.3, -0.25) is 10.1 Å². The molecule has 0 atom stereocenters. The summed E-state index contributed by atoms with van der Waals surface area (Å²) in [7, 11) is 1.61. The zero-order valence-electron chi connectivity index (χ0n) is 14.2. The van der Waals surface area contributed by atoms with E-state index in [4.69, 9.17) is 14.7 Å². The van der Waals surface area contributed by atoms with E-state index in [1.54, 1.807) is 33.9 Å². The molecule has 0 aliphatic heterocycles. The van der Waals surface area contributed by atoms with Crippen LogP contribution in [0.15, 0.2) is 18.2 Å². The molecule has 130 valence electrons. The lowest BCUT2D eigenvalue weighted by Gasteiger charge is -2.24. The van der Waals surface area contributed by atoms with E-state index in [1.807, 2.05) is 0 Å². The summed E-state index contributed by atoms with van der Waals surface area (Å²) >= 11 is 0. The molecule has 0 saturated carbocycles. The van der Waals surface area contributed by atoms with Gasteiger partial charge in [-0.25, -0.2) is 4.79 Å². The molecule has 0 fully saturated rings. The molecule has 0 aliphatic rings. The number of carbonyl (C=O) groups is 1. The van der Waals surface area contributed by atoms with Crippen molar-refractivity contribution in [1.29, 1.82) is 5.26 Å². The van der Waals surface area contributed by atoms with Gasteiger partial charge < -0.3 is 14.4 Å². The number of nitro benzene ring substituents is 1. The van der Waals surface area contributed by atoms with Crippen LogP contribution in [0, 0.1) is 21.4 Å². The predicted molar refractivity (Wildman–Crippen MR) is 86.8 cm³/mol. The van der Waals surface area contributed by atoms with E-state index >= 15 is 0 Å². The number of carbonyl (C=O) groups excluding carboxylic acids is 1. The van der Waals surface area contributed by atoms with E-state index in [0.29, 0.717) is 13.0 Å². The van der Waals surface area contributed by atoms with Crippen LogP contribution < -0.4 is 4.74 Å². The number of ether oxygens (including phenoxy) is 2. The standard InChI is InChI=1S/C16H21N3O5/c1-16(2,3)24-15(20)18(4)9-6-10-23-14-8-5-7-13(19(21)22)12(14)11-17/h5,7-8H,6,9-10H2,1-4H3. The van der Waals surface area contributed by atoms with Crippen molar-refractivity contribution < 1.29 is 19.2 Å². The molecule has 0 bridgehead atoms. The lowest BCUT2D eigenvalue weighted by Crippen LogP contribution is -2.35. The molecule has 24 heavy (non-hydrogen) atoms. The van der Waals surface area contributed by atoms with E-state index in [0.717, 1.165) is 0 Å². The van der Waals surface area contributed by atoms with Crippen molar-refractivity contribution in [3.63, 3.8) is 0 Å². The largest absolute Gasteiger partial charge is 0.492 e. The summed E-state index contributed by atoms with van der Waals surface area (Å²) in [4.78, 5) is 23.5. The van der Waals surface area contributed by atoms with Gasteiger partial charge >= 0.3 is 6.09 Å². The highest BCUT2D eigenvalue weighted by molar-refractivity contribution is 5.67. The van der Waals surface area contributed by atoms with E-state index in [2.05, 4.69) is 0 Å². The molecular formula is C16H21N3O5. The highest BCUT2D eigenvalue weighted by Crippen LogP contribution is 2.27. The average Bonchev–Trinajstić information content (AvgIpc) is 2.49. The highest BCUT2D eigenvalue weighted by atomic mass is 16.6. The van der Waals surface area contributed by atoms with Crippen molar-refractivity contribution in [2.75, 3.05) is 20.2 Å². The molecule has 0 spiro atoms. The van der Waals surface area contributed by atoms with Gasteiger partial charge in [0.1, 0.15) is 17.4 Å². The summed E-state index contributed by atoms with van der Waals surface area (Å²) in [6.45, 7) is 5.96. The number of hydrogen-bond acceptors (Lipinski definition) is 6. The van der Waals surface area contributed by atoms with Gasteiger partial charge in [0.05, 0.1) is 11.5 Å². The van der Waals surface area contributed by atoms with Crippen LogP contribution in [0.3, 0.4) is 0 Å². The molecule has 0 heterocycles. The maximum Gasteiger partial charge on any atom is 0.410 e. The van der Waals surface area contributed by atoms with Crippen LogP contribution >= 0.6 is 0 Å². The smallest absolute Gasteiger partial charge is 0.410 e. The van der Waals surface area contributed by atoms with Gasteiger partial charge in [-0.15, -0.1) is 0 Å². The molecule has 0 N–H and O–H groups in total. The van der Waals surface area contributed by atoms with Crippen molar-refractivity contribution in [1.82, 2.24) is 4.90 Å². The van der Waals surface area contributed by atoms with Crippen molar-refractivity contribution >= 4 is 11.8 Å². The Morgan fingerprint density at radius 2 is 2.08 bits per heavy atom. The van der Waals surface area contributed by atoms with Crippen LogP contribution in [0.4, 0.5) is 10.5 Å². The highest BCUT2D eigenvalue weighted by Gasteiger charge is 2.20. The Hall–Kier alpha value is -2.82. The van der Waals surface area contributed by atoms with Gasteiger partial charge in [0.25, 0.3) is 5.69 Å². The minimum absolute atomic E-state index is 0.108. The first-order chi connectivity index (χ1) is 11.2. The summed E-state index contributed by atoms with van der Waals surface area (Å²) in [5.74, 6) is 0.159. The number of nitrogens with zero attached hydrogens (tertiary/aromatic N) is 3. The first kappa shape index (κ1) is 19.2. The Labute approximate surface area is 140 Å². The molecule has 1 rings (SSSR count). The first-order valence-electron chi connectivity index (χ1n) is 7.40. The van der Waals surface area contributed by atoms with Crippen LogP contribution in [0.1, 0.15) is 32.8 Å². The number of amides is 1. The Bertz CT molecular complexity index is 646. The van der Waals surface area contributed by atoms with Crippen LogP contribution in [0.2, 0.25) is 0 Å². The van der Waals surface area contributed by atoms with E-state index in [1.165, 1.54) is 23.1 Å². The van der Waals surface area contributed by atoms with Crippen molar-refractivity contribution in [2.24, 2.45) is 0 Å². The molecule has 0 radical (unpaired) electrons. The van der Waals surface area contributed by atoms with Crippen molar-refractivity contribution in [3.05, 3.63) is 33.9 Å². The second kappa shape index (κ2) is 8.15. The number of nitriles is 1. The van der Waals surface area contributed by atoms with Crippen molar-refractivity contribution in [3.8, 4) is 11.8 Å². The van der Waals surface area contributed by atoms with E-state index in [9.17, 15) is 14.9 Å². The fraction of sp³-hybridized carbons (Fsp3) is 0.500. The zero-order valence-corrected chi connectivity index (χ0v) is 14.2. The van der Waals surface area contributed by atoms with Gasteiger partial charge in [-0.1, -0.05) is 6.07 Å². The summed E-state index contributed by atoms with van der Waals surface area (Å²) in [6, 6.07) is 6.00. The summed E-state index contributed by atoms with van der Waals surface area (Å²) in [5, 5.41) is 20.0.